The lowest BCUT2D eigenvalue weighted by atomic mass is 9.96. The molecule has 30 heavy (non-hydrogen) atoms. The van der Waals surface area contributed by atoms with Crippen LogP contribution in [0.3, 0.4) is 0 Å². The minimum absolute atomic E-state index is 0.558. The molecule has 1 aromatic carbocycles. The van der Waals surface area contributed by atoms with E-state index in [-0.39, 0.29) is 0 Å². The van der Waals surface area contributed by atoms with Crippen LogP contribution in [0, 0.1) is 0 Å². The van der Waals surface area contributed by atoms with Crippen molar-refractivity contribution in [3.05, 3.63) is 48.9 Å². The van der Waals surface area contributed by atoms with Crippen molar-refractivity contribution in [2.75, 3.05) is 5.32 Å². The fourth-order valence-electron chi connectivity index (χ4n) is 3.89. The molecule has 5 rings (SSSR count). The molecule has 3 aromatic heterocycles. The van der Waals surface area contributed by atoms with Gasteiger partial charge in [0.15, 0.2) is 5.13 Å². The first-order valence-corrected chi connectivity index (χ1v) is 11.4. The van der Waals surface area contributed by atoms with Crippen LogP contribution in [-0.4, -0.2) is 25.8 Å². The number of hydrogen-bond acceptors (Lipinski definition) is 6. The Hall–Kier alpha value is -2.93. The molecule has 0 radical (unpaired) electrons. The third-order valence-corrected chi connectivity index (χ3v) is 6.46. The molecule has 4 aromatic rings. The van der Waals surface area contributed by atoms with Crippen LogP contribution in [0.1, 0.15) is 39.0 Å². The van der Waals surface area contributed by atoms with E-state index in [9.17, 15) is 0 Å². The van der Waals surface area contributed by atoms with Gasteiger partial charge in [0.2, 0.25) is 0 Å². The second-order valence-electron chi connectivity index (χ2n) is 7.69. The Balaban J connectivity index is 1.33. The molecule has 0 aliphatic heterocycles. The van der Waals surface area contributed by atoms with E-state index in [1.165, 1.54) is 32.1 Å². The monoisotopic (exact) mass is 419 g/mol. The van der Waals surface area contributed by atoms with Gasteiger partial charge < -0.3 is 10.1 Å². The summed E-state index contributed by atoms with van der Waals surface area (Å²) in [6.07, 6.45) is 12.1. The van der Waals surface area contributed by atoms with Gasteiger partial charge in [0.05, 0.1) is 22.1 Å². The highest BCUT2D eigenvalue weighted by Crippen LogP contribution is 2.33. The van der Waals surface area contributed by atoms with E-state index in [0.717, 1.165) is 44.6 Å². The lowest BCUT2D eigenvalue weighted by molar-refractivity contribution is 0.462. The van der Waals surface area contributed by atoms with Crippen molar-refractivity contribution in [2.24, 2.45) is 0 Å². The Kier molecular flexibility index (Phi) is 5.36. The Morgan fingerprint density at radius 1 is 1.13 bits per heavy atom. The third kappa shape index (κ3) is 4.16. The first kappa shape index (κ1) is 19.1. The van der Waals surface area contributed by atoms with Gasteiger partial charge in [-0.25, -0.2) is 4.98 Å². The van der Waals surface area contributed by atoms with E-state index >= 15 is 0 Å². The highest BCUT2D eigenvalue weighted by molar-refractivity contribution is 7.22. The summed E-state index contributed by atoms with van der Waals surface area (Å²) in [4.78, 5) is 9.21. The lowest BCUT2D eigenvalue weighted by Crippen LogP contribution is -2.21. The summed E-state index contributed by atoms with van der Waals surface area (Å²) in [5.74, 6) is 1.56. The molecule has 1 saturated carbocycles. The van der Waals surface area contributed by atoms with Gasteiger partial charge >= 0.3 is 0 Å². The second kappa shape index (κ2) is 8.44. The van der Waals surface area contributed by atoms with Gasteiger partial charge in [0.1, 0.15) is 11.5 Å². The number of ether oxygens (including phenoxy) is 1. The van der Waals surface area contributed by atoms with Crippen LogP contribution < -0.4 is 10.1 Å². The van der Waals surface area contributed by atoms with Crippen LogP contribution in [0.4, 0.5) is 5.13 Å². The number of aromatic nitrogens is 4. The predicted octanol–water partition coefficient (Wildman–Crippen LogP) is 6.11. The smallest absolute Gasteiger partial charge is 0.184 e. The number of aryl methyl sites for hydroxylation is 1. The van der Waals surface area contributed by atoms with E-state index in [2.05, 4.69) is 28.4 Å². The number of anilines is 1. The third-order valence-electron chi connectivity index (χ3n) is 5.51. The number of rotatable bonds is 6. The van der Waals surface area contributed by atoms with Crippen molar-refractivity contribution < 1.29 is 4.74 Å². The first-order valence-electron chi connectivity index (χ1n) is 10.6. The SMILES string of the molecule is CCn1cc(-c2cc(Oc3ccc4nc(NC5CCCCC5)sc4c3)ccn2)cn1. The molecule has 7 heteroatoms. The molecule has 1 aliphatic rings. The van der Waals surface area contributed by atoms with Gasteiger partial charge in [-0.05, 0) is 38.0 Å². The van der Waals surface area contributed by atoms with Gasteiger partial charge in [-0.2, -0.15) is 5.10 Å². The van der Waals surface area contributed by atoms with Crippen LogP contribution in [0.2, 0.25) is 0 Å². The van der Waals surface area contributed by atoms with Crippen LogP contribution >= 0.6 is 11.3 Å². The fraction of sp³-hybridized carbons (Fsp3) is 0.348. The maximum absolute atomic E-state index is 6.13. The van der Waals surface area contributed by atoms with Crippen molar-refractivity contribution in [2.45, 2.75) is 51.6 Å². The molecule has 1 N–H and O–H groups in total. The summed E-state index contributed by atoms with van der Waals surface area (Å²) >= 11 is 1.70. The van der Waals surface area contributed by atoms with E-state index in [4.69, 9.17) is 9.72 Å². The highest BCUT2D eigenvalue weighted by atomic mass is 32.1. The van der Waals surface area contributed by atoms with E-state index < -0.39 is 0 Å². The van der Waals surface area contributed by atoms with E-state index in [1.54, 1.807) is 17.5 Å². The Morgan fingerprint density at radius 3 is 2.83 bits per heavy atom. The Bertz CT molecular complexity index is 1150. The van der Waals surface area contributed by atoms with Crippen LogP contribution in [0.15, 0.2) is 48.9 Å². The zero-order valence-electron chi connectivity index (χ0n) is 17.0. The molecule has 1 aliphatic carbocycles. The molecule has 1 fully saturated rings. The van der Waals surface area contributed by atoms with Crippen LogP contribution in [0.5, 0.6) is 11.5 Å². The maximum Gasteiger partial charge on any atom is 0.184 e. The highest BCUT2D eigenvalue weighted by Gasteiger charge is 2.15. The normalized spacial score (nSPS) is 14.8. The second-order valence-corrected chi connectivity index (χ2v) is 8.72. The number of fused-ring (bicyclic) bond motifs is 1. The van der Waals surface area contributed by atoms with Crippen molar-refractivity contribution >= 4 is 26.7 Å². The van der Waals surface area contributed by atoms with Crippen molar-refractivity contribution in [1.29, 1.82) is 0 Å². The van der Waals surface area contributed by atoms with Gasteiger partial charge in [-0.1, -0.05) is 30.6 Å². The molecular weight excluding hydrogens is 394 g/mol. The maximum atomic E-state index is 6.13. The predicted molar refractivity (Wildman–Crippen MR) is 121 cm³/mol. The molecule has 3 heterocycles. The number of nitrogens with zero attached hydrogens (tertiary/aromatic N) is 4. The van der Waals surface area contributed by atoms with E-state index in [1.807, 2.05) is 41.3 Å². The summed E-state index contributed by atoms with van der Waals surface area (Å²) in [5.41, 5.74) is 2.84. The fourth-order valence-corrected chi connectivity index (χ4v) is 4.86. The van der Waals surface area contributed by atoms with Gasteiger partial charge in [-0.15, -0.1) is 0 Å². The number of pyridine rings is 1. The minimum Gasteiger partial charge on any atom is -0.457 e. The first-order chi connectivity index (χ1) is 14.8. The largest absolute Gasteiger partial charge is 0.457 e. The topological polar surface area (TPSA) is 64.9 Å². The number of benzene rings is 1. The summed E-state index contributed by atoms with van der Waals surface area (Å²) in [5, 5.41) is 8.96. The van der Waals surface area contributed by atoms with Gasteiger partial charge in [0, 0.05) is 42.7 Å². The molecule has 6 nitrogen and oxygen atoms in total. The van der Waals surface area contributed by atoms with Crippen LogP contribution in [-0.2, 0) is 6.54 Å². The summed E-state index contributed by atoms with van der Waals surface area (Å²) < 4.78 is 9.15. The molecular formula is C23H25N5OS. The number of thiazole rings is 1. The molecule has 0 spiro atoms. The van der Waals surface area contributed by atoms with Crippen molar-refractivity contribution in [1.82, 2.24) is 19.7 Å². The quantitative estimate of drug-likeness (QED) is 0.408. The van der Waals surface area contributed by atoms with Gasteiger partial charge in [0.25, 0.3) is 0 Å². The Morgan fingerprint density at radius 2 is 2.00 bits per heavy atom. The van der Waals surface area contributed by atoms with E-state index in [0.29, 0.717) is 6.04 Å². The van der Waals surface area contributed by atoms with Crippen molar-refractivity contribution in [3.8, 4) is 22.8 Å². The number of hydrogen-bond donors (Lipinski definition) is 1. The summed E-state index contributed by atoms with van der Waals surface area (Å²) in [6.45, 7) is 2.90. The Labute approximate surface area is 179 Å². The molecule has 0 atom stereocenters. The molecule has 0 saturated heterocycles. The average molecular weight is 420 g/mol. The molecule has 0 bridgehead atoms. The zero-order valence-corrected chi connectivity index (χ0v) is 17.9. The standard InChI is InChI=1S/C23H25N5OS/c1-2-28-15-16(14-25-28)21-12-19(10-11-24-21)29-18-8-9-20-22(13-18)30-23(27-20)26-17-6-4-3-5-7-17/h8-15,17H,2-7H2,1H3,(H,26,27). The van der Waals surface area contributed by atoms with Gasteiger partial charge in [-0.3, -0.25) is 9.67 Å². The molecule has 154 valence electrons. The van der Waals surface area contributed by atoms with Crippen LogP contribution in [0.25, 0.3) is 21.5 Å². The lowest BCUT2D eigenvalue weighted by Gasteiger charge is -2.22. The summed E-state index contributed by atoms with van der Waals surface area (Å²) in [7, 11) is 0. The molecule has 0 amide bonds. The molecule has 0 unspecified atom stereocenters. The zero-order chi connectivity index (χ0) is 20.3. The minimum atomic E-state index is 0.558. The average Bonchev–Trinajstić information content (AvgIpc) is 3.41. The number of nitrogens with one attached hydrogen (secondary N) is 1. The van der Waals surface area contributed by atoms with Crippen molar-refractivity contribution in [3.63, 3.8) is 0 Å². The summed E-state index contributed by atoms with van der Waals surface area (Å²) in [6, 6.07) is 10.4.